The number of ether oxygens (including phenoxy) is 1. The van der Waals surface area contributed by atoms with Crippen LogP contribution in [0.15, 0.2) is 30.3 Å². The lowest BCUT2D eigenvalue weighted by Crippen LogP contribution is -2.55. The SMILES string of the molecule is CC1CN(c2ccc3nc(C(=O)O)ccc3c2)CCN1C(=O)OC(C)(C)C. The minimum absolute atomic E-state index is 0.0248. The average Bonchev–Trinajstić information content (AvgIpc) is 2.59. The number of anilines is 1. The Balaban J connectivity index is 1.74. The molecule has 1 amide bonds. The predicted molar refractivity (Wildman–Crippen MR) is 103 cm³/mol. The second-order valence-electron chi connectivity index (χ2n) is 7.85. The number of aromatic carboxylic acids is 1. The van der Waals surface area contributed by atoms with E-state index in [1.807, 2.05) is 45.9 Å². The number of piperazine rings is 1. The van der Waals surface area contributed by atoms with Gasteiger partial charge in [-0.3, -0.25) is 0 Å². The van der Waals surface area contributed by atoms with E-state index in [0.29, 0.717) is 25.2 Å². The third-order valence-corrected chi connectivity index (χ3v) is 4.51. The second kappa shape index (κ2) is 7.06. The van der Waals surface area contributed by atoms with E-state index in [4.69, 9.17) is 9.84 Å². The van der Waals surface area contributed by atoms with Gasteiger partial charge in [-0.1, -0.05) is 6.07 Å². The van der Waals surface area contributed by atoms with Gasteiger partial charge in [0.2, 0.25) is 0 Å². The van der Waals surface area contributed by atoms with Crippen molar-refractivity contribution in [3.8, 4) is 0 Å². The molecule has 2 heterocycles. The molecule has 0 aliphatic carbocycles. The van der Waals surface area contributed by atoms with Crippen LogP contribution in [0, 0.1) is 0 Å². The average molecular weight is 371 g/mol. The van der Waals surface area contributed by atoms with E-state index in [2.05, 4.69) is 9.88 Å². The first-order chi connectivity index (χ1) is 12.6. The molecule has 3 rings (SSSR count). The normalized spacial score (nSPS) is 17.9. The summed E-state index contributed by atoms with van der Waals surface area (Å²) in [7, 11) is 0. The van der Waals surface area contributed by atoms with Crippen molar-refractivity contribution in [1.82, 2.24) is 9.88 Å². The smallest absolute Gasteiger partial charge is 0.410 e. The van der Waals surface area contributed by atoms with Crippen molar-refractivity contribution in [3.63, 3.8) is 0 Å². The summed E-state index contributed by atoms with van der Waals surface area (Å²) in [6.07, 6.45) is -0.279. The molecule has 0 radical (unpaired) electrons. The van der Waals surface area contributed by atoms with Crippen LogP contribution >= 0.6 is 0 Å². The third kappa shape index (κ3) is 4.30. The van der Waals surface area contributed by atoms with Gasteiger partial charge >= 0.3 is 12.1 Å². The zero-order valence-corrected chi connectivity index (χ0v) is 16.1. The Morgan fingerprint density at radius 1 is 1.19 bits per heavy atom. The fourth-order valence-electron chi connectivity index (χ4n) is 3.21. The number of hydrogen-bond donors (Lipinski definition) is 1. The number of carbonyl (C=O) groups excluding carboxylic acids is 1. The Hall–Kier alpha value is -2.83. The fraction of sp³-hybridized carbons (Fsp3) is 0.450. The highest BCUT2D eigenvalue weighted by Gasteiger charge is 2.31. The molecular formula is C20H25N3O4. The van der Waals surface area contributed by atoms with E-state index < -0.39 is 11.6 Å². The monoisotopic (exact) mass is 371 g/mol. The summed E-state index contributed by atoms with van der Waals surface area (Å²) in [6.45, 7) is 9.60. The minimum atomic E-state index is -1.03. The summed E-state index contributed by atoms with van der Waals surface area (Å²) in [5, 5.41) is 9.95. The molecule has 1 aliphatic rings. The molecule has 7 nitrogen and oxygen atoms in total. The van der Waals surface area contributed by atoms with Crippen LogP contribution < -0.4 is 4.90 Å². The largest absolute Gasteiger partial charge is 0.477 e. The maximum Gasteiger partial charge on any atom is 0.410 e. The molecule has 0 saturated carbocycles. The topological polar surface area (TPSA) is 83.0 Å². The molecule has 0 spiro atoms. The molecule has 1 aliphatic heterocycles. The quantitative estimate of drug-likeness (QED) is 0.871. The molecule has 27 heavy (non-hydrogen) atoms. The number of carboxylic acids is 1. The number of carboxylic acid groups (broad SMARTS) is 1. The molecule has 1 fully saturated rings. The van der Waals surface area contributed by atoms with Crippen molar-refractivity contribution < 1.29 is 19.4 Å². The summed E-state index contributed by atoms with van der Waals surface area (Å²) in [4.78, 5) is 31.6. The van der Waals surface area contributed by atoms with Crippen LogP contribution in [0.5, 0.6) is 0 Å². The van der Waals surface area contributed by atoms with Crippen LogP contribution in [0.25, 0.3) is 10.9 Å². The standard InChI is InChI=1S/C20H25N3O4/c1-13-12-22(9-10-23(13)19(26)27-20(2,3)4)15-6-8-16-14(11-15)5-7-17(21-16)18(24)25/h5-8,11,13H,9-10,12H2,1-4H3,(H,24,25). The van der Waals surface area contributed by atoms with Crippen molar-refractivity contribution >= 4 is 28.7 Å². The van der Waals surface area contributed by atoms with E-state index in [0.717, 1.165) is 11.1 Å². The van der Waals surface area contributed by atoms with E-state index in [-0.39, 0.29) is 17.8 Å². The van der Waals surface area contributed by atoms with Crippen LogP contribution in [0.3, 0.4) is 0 Å². The summed E-state index contributed by atoms with van der Waals surface area (Å²) in [5.74, 6) is -1.03. The molecule has 0 bridgehead atoms. The first kappa shape index (κ1) is 18.9. The Morgan fingerprint density at radius 3 is 2.56 bits per heavy atom. The fourth-order valence-corrected chi connectivity index (χ4v) is 3.21. The lowest BCUT2D eigenvalue weighted by atomic mass is 10.1. The number of amides is 1. The van der Waals surface area contributed by atoms with Gasteiger partial charge in [-0.15, -0.1) is 0 Å². The first-order valence-electron chi connectivity index (χ1n) is 9.03. The molecule has 7 heteroatoms. The van der Waals surface area contributed by atoms with Crippen molar-refractivity contribution in [1.29, 1.82) is 0 Å². The number of hydrogen-bond acceptors (Lipinski definition) is 5. The Kier molecular flexibility index (Phi) is 4.95. The molecule has 1 atom stereocenters. The molecule has 1 saturated heterocycles. The van der Waals surface area contributed by atoms with Gasteiger partial charge in [0.05, 0.1) is 5.52 Å². The van der Waals surface area contributed by atoms with Crippen molar-refractivity contribution in [2.75, 3.05) is 24.5 Å². The maximum absolute atomic E-state index is 12.4. The van der Waals surface area contributed by atoms with Gasteiger partial charge in [-0.05, 0) is 52.0 Å². The van der Waals surface area contributed by atoms with Crippen LogP contribution in [0.4, 0.5) is 10.5 Å². The van der Waals surface area contributed by atoms with E-state index in [1.54, 1.807) is 11.0 Å². The number of benzene rings is 1. The van der Waals surface area contributed by atoms with E-state index in [9.17, 15) is 9.59 Å². The van der Waals surface area contributed by atoms with Gasteiger partial charge in [0.25, 0.3) is 0 Å². The van der Waals surface area contributed by atoms with E-state index >= 15 is 0 Å². The lowest BCUT2D eigenvalue weighted by molar-refractivity contribution is 0.0159. The number of nitrogens with zero attached hydrogens (tertiary/aromatic N) is 3. The number of carbonyl (C=O) groups is 2. The van der Waals surface area contributed by atoms with Crippen LogP contribution in [-0.4, -0.2) is 58.3 Å². The minimum Gasteiger partial charge on any atom is -0.477 e. The Bertz CT molecular complexity index is 875. The van der Waals surface area contributed by atoms with Crippen LogP contribution in [0.2, 0.25) is 0 Å². The third-order valence-electron chi connectivity index (χ3n) is 4.51. The zero-order chi connectivity index (χ0) is 19.8. The Labute approximate surface area is 158 Å². The molecular weight excluding hydrogens is 346 g/mol. The molecule has 1 aromatic heterocycles. The second-order valence-corrected chi connectivity index (χ2v) is 7.85. The summed E-state index contributed by atoms with van der Waals surface area (Å²) >= 11 is 0. The number of fused-ring (bicyclic) bond motifs is 1. The number of aromatic nitrogens is 1. The summed E-state index contributed by atoms with van der Waals surface area (Å²) < 4.78 is 5.49. The van der Waals surface area contributed by atoms with Crippen molar-refractivity contribution in [2.45, 2.75) is 39.3 Å². The summed E-state index contributed by atoms with van der Waals surface area (Å²) in [5.41, 5.74) is 1.21. The molecule has 2 aromatic rings. The van der Waals surface area contributed by atoms with Gasteiger partial charge < -0.3 is 19.6 Å². The van der Waals surface area contributed by atoms with Gasteiger partial charge in [0.1, 0.15) is 11.3 Å². The van der Waals surface area contributed by atoms with Gasteiger partial charge in [0, 0.05) is 36.7 Å². The summed E-state index contributed by atoms with van der Waals surface area (Å²) in [6, 6.07) is 9.09. The maximum atomic E-state index is 12.4. The Morgan fingerprint density at radius 2 is 1.93 bits per heavy atom. The highest BCUT2D eigenvalue weighted by Crippen LogP contribution is 2.25. The molecule has 1 N–H and O–H groups in total. The van der Waals surface area contributed by atoms with Crippen LogP contribution in [-0.2, 0) is 4.74 Å². The highest BCUT2D eigenvalue weighted by atomic mass is 16.6. The van der Waals surface area contributed by atoms with Gasteiger partial charge in [-0.2, -0.15) is 0 Å². The predicted octanol–water partition coefficient (Wildman–Crippen LogP) is 3.38. The number of rotatable bonds is 2. The highest BCUT2D eigenvalue weighted by molar-refractivity contribution is 5.90. The van der Waals surface area contributed by atoms with Crippen molar-refractivity contribution in [2.24, 2.45) is 0 Å². The molecule has 1 aromatic carbocycles. The van der Waals surface area contributed by atoms with Gasteiger partial charge in [-0.25, -0.2) is 14.6 Å². The molecule has 144 valence electrons. The van der Waals surface area contributed by atoms with Crippen LogP contribution in [0.1, 0.15) is 38.2 Å². The zero-order valence-electron chi connectivity index (χ0n) is 16.1. The molecule has 1 unspecified atom stereocenters. The first-order valence-corrected chi connectivity index (χ1v) is 9.03. The van der Waals surface area contributed by atoms with Gasteiger partial charge in [0.15, 0.2) is 0 Å². The lowest BCUT2D eigenvalue weighted by Gasteiger charge is -2.41. The van der Waals surface area contributed by atoms with E-state index in [1.165, 1.54) is 6.07 Å². The number of pyridine rings is 1. The van der Waals surface area contributed by atoms with Crippen molar-refractivity contribution in [3.05, 3.63) is 36.0 Å².